The van der Waals surface area contributed by atoms with E-state index >= 15 is 0 Å². The van der Waals surface area contributed by atoms with E-state index in [1.54, 1.807) is 0 Å². The molecule has 0 aliphatic carbocycles. The first-order valence-electron chi connectivity index (χ1n) is 7.67. The first-order valence-corrected chi connectivity index (χ1v) is 8.59. The van der Waals surface area contributed by atoms with Gasteiger partial charge in [-0.25, -0.2) is 8.78 Å². The topological polar surface area (TPSA) is 18.5 Å². The molecular weight excluding hydrogens is 354 g/mol. The Balaban J connectivity index is 1.75. The highest BCUT2D eigenvalue weighted by Crippen LogP contribution is 2.57. The molecule has 22 heavy (non-hydrogen) atoms. The maximum atomic E-state index is 13.7. The van der Waals surface area contributed by atoms with Crippen LogP contribution in [0.15, 0.2) is 18.2 Å². The van der Waals surface area contributed by atoms with Crippen LogP contribution in [0.1, 0.15) is 39.2 Å². The maximum absolute atomic E-state index is 13.7. The van der Waals surface area contributed by atoms with Crippen LogP contribution < -0.4 is 0 Å². The second-order valence-electron chi connectivity index (χ2n) is 6.90. The normalized spacial score (nSPS) is 37.2. The van der Waals surface area contributed by atoms with Crippen LogP contribution >= 0.6 is 15.9 Å². The Bertz CT molecular complexity index is 560. The predicted octanol–water partition coefficient (Wildman–Crippen LogP) is 4.59. The predicted molar refractivity (Wildman–Crippen MR) is 83.9 cm³/mol. The zero-order valence-corrected chi connectivity index (χ0v) is 14.6. The van der Waals surface area contributed by atoms with Crippen LogP contribution in [0.4, 0.5) is 8.78 Å². The van der Waals surface area contributed by atoms with E-state index in [9.17, 15) is 8.78 Å². The fourth-order valence-corrected chi connectivity index (χ4v) is 5.20. The summed E-state index contributed by atoms with van der Waals surface area (Å²) in [6, 6.07) is 3.87. The van der Waals surface area contributed by atoms with Crippen molar-refractivity contribution >= 4 is 15.9 Å². The molecule has 0 radical (unpaired) electrons. The Morgan fingerprint density at radius 3 is 2.50 bits per heavy atom. The van der Waals surface area contributed by atoms with Crippen molar-refractivity contribution in [3.05, 3.63) is 35.4 Å². The van der Waals surface area contributed by atoms with Gasteiger partial charge in [-0.1, -0.05) is 35.8 Å². The molecule has 0 spiro atoms. The number of alkyl halides is 1. The smallest absolute Gasteiger partial charge is 0.131 e. The highest BCUT2D eigenvalue weighted by molar-refractivity contribution is 9.09. The molecule has 0 saturated carbocycles. The molecule has 1 aromatic carbocycles. The molecule has 0 amide bonds. The summed E-state index contributed by atoms with van der Waals surface area (Å²) in [6.45, 7) is 6.24. The lowest BCUT2D eigenvalue weighted by atomic mass is 9.75. The van der Waals surface area contributed by atoms with Crippen molar-refractivity contribution in [2.45, 2.75) is 62.4 Å². The SMILES string of the molecule is CC(C)[C@]12C[C@@H](OCc3c(F)cccc3F)[C@](C)(C[C@@H]1Br)O2. The fraction of sp³-hybridized carbons (Fsp3) is 0.647. The molecule has 0 aromatic heterocycles. The molecule has 2 heterocycles. The third kappa shape index (κ3) is 2.42. The second kappa shape index (κ2) is 5.53. The fourth-order valence-electron chi connectivity index (χ4n) is 3.75. The number of hydrogen-bond acceptors (Lipinski definition) is 2. The molecule has 2 aliphatic heterocycles. The largest absolute Gasteiger partial charge is 0.370 e. The van der Waals surface area contributed by atoms with E-state index in [4.69, 9.17) is 9.47 Å². The number of fused-ring (bicyclic) bond motifs is 2. The van der Waals surface area contributed by atoms with Gasteiger partial charge in [0.2, 0.25) is 0 Å². The van der Waals surface area contributed by atoms with Crippen LogP contribution in [0, 0.1) is 17.6 Å². The van der Waals surface area contributed by atoms with Gasteiger partial charge in [-0.3, -0.25) is 0 Å². The van der Waals surface area contributed by atoms with Gasteiger partial charge in [-0.15, -0.1) is 0 Å². The zero-order chi connectivity index (χ0) is 16.1. The molecule has 5 heteroatoms. The van der Waals surface area contributed by atoms with Gasteiger partial charge in [-0.05, 0) is 31.4 Å². The van der Waals surface area contributed by atoms with Crippen LogP contribution in [0.25, 0.3) is 0 Å². The van der Waals surface area contributed by atoms with E-state index in [-0.39, 0.29) is 28.7 Å². The average Bonchev–Trinajstić information content (AvgIpc) is 2.86. The highest BCUT2D eigenvalue weighted by atomic mass is 79.9. The van der Waals surface area contributed by atoms with Gasteiger partial charge >= 0.3 is 0 Å². The van der Waals surface area contributed by atoms with Gasteiger partial charge in [0.1, 0.15) is 11.6 Å². The van der Waals surface area contributed by atoms with E-state index in [1.807, 2.05) is 6.92 Å². The van der Waals surface area contributed by atoms with Crippen molar-refractivity contribution in [3.8, 4) is 0 Å². The summed E-state index contributed by atoms with van der Waals surface area (Å²) in [7, 11) is 0. The standard InChI is InChI=1S/C17H21BrF2O2/c1-10(2)17-8-15(16(3,22-17)7-14(17)18)21-9-11-12(19)5-4-6-13(11)20/h4-6,10,14-15H,7-9H2,1-3H3/t14-,15+,16-,17+/m0/s1. The minimum atomic E-state index is -0.564. The van der Waals surface area contributed by atoms with E-state index in [2.05, 4.69) is 29.8 Å². The number of hydrogen-bond donors (Lipinski definition) is 0. The van der Waals surface area contributed by atoms with Gasteiger partial charge in [0, 0.05) is 16.8 Å². The molecule has 2 aliphatic rings. The number of rotatable bonds is 4. The molecule has 2 saturated heterocycles. The van der Waals surface area contributed by atoms with Crippen molar-refractivity contribution in [2.75, 3.05) is 0 Å². The van der Waals surface area contributed by atoms with Crippen LogP contribution in [0.2, 0.25) is 0 Å². The van der Waals surface area contributed by atoms with Crippen LogP contribution in [0.5, 0.6) is 0 Å². The van der Waals surface area contributed by atoms with Gasteiger partial charge in [0.05, 0.1) is 23.9 Å². The van der Waals surface area contributed by atoms with E-state index in [0.29, 0.717) is 5.92 Å². The Morgan fingerprint density at radius 2 is 1.95 bits per heavy atom. The molecule has 2 nitrogen and oxygen atoms in total. The minimum Gasteiger partial charge on any atom is -0.370 e. The molecule has 4 atom stereocenters. The van der Waals surface area contributed by atoms with Crippen LogP contribution in [-0.4, -0.2) is 22.1 Å². The number of halogens is 3. The molecule has 3 rings (SSSR count). The van der Waals surface area contributed by atoms with Gasteiger partial charge in [-0.2, -0.15) is 0 Å². The number of ether oxygens (including phenoxy) is 2. The van der Waals surface area contributed by atoms with Gasteiger partial charge in [0.15, 0.2) is 0 Å². The van der Waals surface area contributed by atoms with Crippen molar-refractivity contribution in [3.63, 3.8) is 0 Å². The molecule has 0 N–H and O–H groups in total. The first kappa shape index (κ1) is 16.3. The lowest BCUT2D eigenvalue weighted by Gasteiger charge is -2.35. The summed E-state index contributed by atoms with van der Waals surface area (Å²) in [5, 5.41) is 0. The van der Waals surface area contributed by atoms with Crippen molar-refractivity contribution in [2.24, 2.45) is 5.92 Å². The van der Waals surface area contributed by atoms with Crippen molar-refractivity contribution < 1.29 is 18.3 Å². The quantitative estimate of drug-likeness (QED) is 0.717. The summed E-state index contributed by atoms with van der Waals surface area (Å²) >= 11 is 3.73. The lowest BCUT2D eigenvalue weighted by molar-refractivity contribution is -0.0960. The Labute approximate surface area is 138 Å². The van der Waals surface area contributed by atoms with E-state index < -0.39 is 17.2 Å². The van der Waals surface area contributed by atoms with Crippen molar-refractivity contribution in [1.82, 2.24) is 0 Å². The molecule has 2 bridgehead atoms. The summed E-state index contributed by atoms with van der Waals surface area (Å²) in [5.41, 5.74) is -0.671. The summed E-state index contributed by atoms with van der Waals surface area (Å²) < 4.78 is 39.6. The highest BCUT2D eigenvalue weighted by Gasteiger charge is 2.65. The summed E-state index contributed by atoms with van der Waals surface area (Å²) in [5.74, 6) is -0.783. The Hall–Kier alpha value is -0.520. The summed E-state index contributed by atoms with van der Waals surface area (Å²) in [4.78, 5) is 0.287. The molecule has 1 aromatic rings. The Kier molecular flexibility index (Phi) is 4.11. The average molecular weight is 375 g/mol. The molecular formula is C17H21BrF2O2. The second-order valence-corrected chi connectivity index (χ2v) is 8.01. The monoisotopic (exact) mass is 374 g/mol. The number of benzene rings is 1. The Morgan fingerprint density at radius 1 is 1.32 bits per heavy atom. The van der Waals surface area contributed by atoms with Crippen molar-refractivity contribution in [1.29, 1.82) is 0 Å². The maximum Gasteiger partial charge on any atom is 0.131 e. The molecule has 122 valence electrons. The first-order chi connectivity index (χ1) is 10.3. The van der Waals surface area contributed by atoms with Gasteiger partial charge < -0.3 is 9.47 Å². The third-order valence-electron chi connectivity index (χ3n) is 5.19. The summed E-state index contributed by atoms with van der Waals surface area (Å²) in [6.07, 6.45) is 1.44. The van der Waals surface area contributed by atoms with E-state index in [1.165, 1.54) is 18.2 Å². The molecule has 2 fully saturated rings. The van der Waals surface area contributed by atoms with Crippen LogP contribution in [-0.2, 0) is 16.1 Å². The zero-order valence-electron chi connectivity index (χ0n) is 13.0. The van der Waals surface area contributed by atoms with Crippen LogP contribution in [0.3, 0.4) is 0 Å². The lowest BCUT2D eigenvalue weighted by Crippen LogP contribution is -2.45. The minimum absolute atomic E-state index is 0.0112. The third-order valence-corrected chi connectivity index (χ3v) is 6.29. The molecule has 0 unspecified atom stereocenters. The van der Waals surface area contributed by atoms with Gasteiger partial charge in [0.25, 0.3) is 0 Å². The van der Waals surface area contributed by atoms with E-state index in [0.717, 1.165) is 12.8 Å².